The van der Waals surface area contributed by atoms with Crippen LogP contribution in [0.3, 0.4) is 0 Å². The van der Waals surface area contributed by atoms with Gasteiger partial charge >= 0.3 is 0 Å². The third kappa shape index (κ3) is 4.05. The predicted octanol–water partition coefficient (Wildman–Crippen LogP) is 7.52. The maximum Gasteiger partial charge on any atom is 0.156 e. The number of para-hydroxylation sites is 1. The van der Waals surface area contributed by atoms with Gasteiger partial charge in [0.05, 0.1) is 20.1 Å². The molecule has 0 saturated heterocycles. The highest BCUT2D eigenvalue weighted by Crippen LogP contribution is 2.36. The minimum absolute atomic E-state index is 0.497. The van der Waals surface area contributed by atoms with Gasteiger partial charge in [0.1, 0.15) is 17.6 Å². The molecule has 2 heterocycles. The fraction of sp³-hybridized carbons (Fsp3) is 0. The molecular formula is C20H10Cl2N2OS2. The highest BCUT2D eigenvalue weighted by molar-refractivity contribution is 8.05. The van der Waals surface area contributed by atoms with Crippen molar-refractivity contribution in [3.8, 4) is 17.4 Å². The fourth-order valence-electron chi connectivity index (χ4n) is 2.47. The summed E-state index contributed by atoms with van der Waals surface area (Å²) in [5, 5.41) is 10.6. The van der Waals surface area contributed by atoms with Gasteiger partial charge < -0.3 is 4.42 Å². The van der Waals surface area contributed by atoms with Gasteiger partial charge in [0.2, 0.25) is 0 Å². The van der Waals surface area contributed by atoms with Crippen molar-refractivity contribution in [1.29, 1.82) is 5.26 Å². The van der Waals surface area contributed by atoms with Gasteiger partial charge in [-0.3, -0.25) is 0 Å². The smallest absolute Gasteiger partial charge is 0.156 e. The van der Waals surface area contributed by atoms with Crippen LogP contribution in [0.1, 0.15) is 5.76 Å². The molecule has 2 aromatic heterocycles. The Hall–Kier alpha value is -2.23. The Morgan fingerprint density at radius 1 is 1.15 bits per heavy atom. The van der Waals surface area contributed by atoms with Gasteiger partial charge in [0, 0.05) is 16.7 Å². The lowest BCUT2D eigenvalue weighted by Crippen LogP contribution is -1.76. The minimum atomic E-state index is 0.497. The molecular weight excluding hydrogens is 419 g/mol. The van der Waals surface area contributed by atoms with Gasteiger partial charge in [-0.1, -0.05) is 35.3 Å². The second-order valence-electron chi connectivity index (χ2n) is 5.50. The Balaban J connectivity index is 1.59. The zero-order valence-corrected chi connectivity index (χ0v) is 16.8. The second kappa shape index (κ2) is 7.79. The van der Waals surface area contributed by atoms with E-state index in [9.17, 15) is 5.26 Å². The fourth-order valence-corrected chi connectivity index (χ4v) is 4.92. The van der Waals surface area contributed by atoms with Crippen molar-refractivity contribution < 1.29 is 4.42 Å². The van der Waals surface area contributed by atoms with E-state index >= 15 is 0 Å². The van der Waals surface area contributed by atoms with E-state index < -0.39 is 0 Å². The zero-order chi connectivity index (χ0) is 18.8. The first-order chi connectivity index (χ1) is 13.1. The lowest BCUT2D eigenvalue weighted by atomic mass is 10.2. The molecule has 7 heteroatoms. The molecule has 0 spiro atoms. The summed E-state index contributed by atoms with van der Waals surface area (Å²) in [6, 6.07) is 18.9. The zero-order valence-electron chi connectivity index (χ0n) is 13.6. The van der Waals surface area contributed by atoms with Crippen molar-refractivity contribution in [3.05, 3.63) is 75.3 Å². The summed E-state index contributed by atoms with van der Waals surface area (Å²) in [6.45, 7) is 0. The molecule has 27 heavy (non-hydrogen) atoms. The highest BCUT2D eigenvalue weighted by Gasteiger charge is 2.11. The Morgan fingerprint density at radius 3 is 2.78 bits per heavy atom. The molecule has 0 aliphatic carbocycles. The number of hydrogen-bond acceptors (Lipinski definition) is 5. The number of thioether (sulfide) groups is 1. The van der Waals surface area contributed by atoms with Crippen LogP contribution in [0.25, 0.3) is 27.6 Å². The quantitative estimate of drug-likeness (QED) is 0.249. The Bertz CT molecular complexity index is 1170. The molecule has 3 nitrogen and oxygen atoms in total. The van der Waals surface area contributed by atoms with Crippen LogP contribution in [0.2, 0.25) is 10.0 Å². The molecule has 0 atom stereocenters. The number of aromatic nitrogens is 1. The van der Waals surface area contributed by atoms with Crippen molar-refractivity contribution >= 4 is 62.6 Å². The maximum atomic E-state index is 9.48. The van der Waals surface area contributed by atoms with Gasteiger partial charge in [0.15, 0.2) is 4.34 Å². The predicted molar refractivity (Wildman–Crippen MR) is 113 cm³/mol. The molecule has 0 radical (unpaired) electrons. The lowest BCUT2D eigenvalue weighted by molar-refractivity contribution is 0.572. The molecule has 132 valence electrons. The maximum absolute atomic E-state index is 9.48. The summed E-state index contributed by atoms with van der Waals surface area (Å²) in [6.07, 6.45) is 1.70. The first kappa shape index (κ1) is 18.1. The Kier molecular flexibility index (Phi) is 5.24. The van der Waals surface area contributed by atoms with Crippen molar-refractivity contribution in [2.24, 2.45) is 0 Å². The van der Waals surface area contributed by atoms with Crippen LogP contribution >= 0.6 is 46.3 Å². The van der Waals surface area contributed by atoms with Crippen molar-refractivity contribution in [1.82, 2.24) is 4.98 Å². The number of furan rings is 1. The molecule has 2 aromatic carbocycles. The van der Waals surface area contributed by atoms with E-state index in [0.29, 0.717) is 26.5 Å². The molecule has 0 saturated carbocycles. The summed E-state index contributed by atoms with van der Waals surface area (Å²) in [5.74, 6) is 1.19. The van der Waals surface area contributed by atoms with Crippen LogP contribution < -0.4 is 0 Å². The first-order valence-electron chi connectivity index (χ1n) is 7.83. The van der Waals surface area contributed by atoms with E-state index in [1.165, 1.54) is 11.8 Å². The molecule has 0 amide bonds. The number of nitriles is 1. The van der Waals surface area contributed by atoms with Crippen LogP contribution in [0, 0.1) is 11.3 Å². The van der Waals surface area contributed by atoms with Crippen molar-refractivity contribution in [2.75, 3.05) is 0 Å². The van der Waals surface area contributed by atoms with Crippen LogP contribution in [0.4, 0.5) is 0 Å². The number of nitrogens with zero attached hydrogens (tertiary/aromatic N) is 2. The monoisotopic (exact) mass is 428 g/mol. The summed E-state index contributed by atoms with van der Waals surface area (Å²) < 4.78 is 7.74. The average Bonchev–Trinajstić information content (AvgIpc) is 3.27. The average molecular weight is 429 g/mol. The molecule has 0 aliphatic heterocycles. The van der Waals surface area contributed by atoms with Gasteiger partial charge in [-0.25, -0.2) is 4.98 Å². The van der Waals surface area contributed by atoms with Crippen LogP contribution in [-0.4, -0.2) is 4.98 Å². The summed E-state index contributed by atoms with van der Waals surface area (Å²) >= 11 is 15.0. The summed E-state index contributed by atoms with van der Waals surface area (Å²) in [7, 11) is 0. The van der Waals surface area contributed by atoms with Gasteiger partial charge in [0.25, 0.3) is 0 Å². The lowest BCUT2D eigenvalue weighted by Gasteiger charge is -2.01. The minimum Gasteiger partial charge on any atom is -0.457 e. The molecule has 0 N–H and O–H groups in total. The number of fused-ring (bicyclic) bond motifs is 1. The first-order valence-corrected chi connectivity index (χ1v) is 10.2. The molecule has 0 bridgehead atoms. The number of allylic oxidation sites excluding steroid dienone is 1. The highest BCUT2D eigenvalue weighted by atomic mass is 35.5. The normalized spacial score (nSPS) is 11.7. The number of hydrogen-bond donors (Lipinski definition) is 0. The molecule has 0 fully saturated rings. The topological polar surface area (TPSA) is 49.8 Å². The number of benzene rings is 2. The Labute approximate surface area is 173 Å². The summed E-state index contributed by atoms with van der Waals surface area (Å²) in [5.41, 5.74) is 1.68. The van der Waals surface area contributed by atoms with Crippen LogP contribution in [-0.2, 0) is 0 Å². The van der Waals surface area contributed by atoms with E-state index in [0.717, 1.165) is 20.1 Å². The summed E-state index contributed by atoms with van der Waals surface area (Å²) in [4.78, 5) is 5.04. The second-order valence-corrected chi connectivity index (χ2v) is 8.66. The number of thiazole rings is 1. The van der Waals surface area contributed by atoms with E-state index in [-0.39, 0.29) is 0 Å². The number of rotatable bonds is 4. The molecule has 0 aliphatic rings. The van der Waals surface area contributed by atoms with E-state index in [1.807, 2.05) is 30.3 Å². The van der Waals surface area contributed by atoms with Crippen molar-refractivity contribution in [2.45, 2.75) is 4.34 Å². The van der Waals surface area contributed by atoms with E-state index in [2.05, 4.69) is 11.1 Å². The van der Waals surface area contributed by atoms with E-state index in [1.54, 1.807) is 41.7 Å². The molecule has 4 rings (SSSR count). The third-order valence-electron chi connectivity index (χ3n) is 3.68. The Morgan fingerprint density at radius 2 is 2.00 bits per heavy atom. The van der Waals surface area contributed by atoms with Gasteiger partial charge in [-0.2, -0.15) is 5.26 Å². The number of halogens is 2. The van der Waals surface area contributed by atoms with Gasteiger partial charge in [-0.15, -0.1) is 11.3 Å². The SMILES string of the molecule is N#CC(=Cc1ccc(-c2ccc(Cl)cc2Cl)o1)Sc1nc2ccccc2s1. The standard InChI is InChI=1S/C20H10Cl2N2OS2/c21-12-5-7-15(16(22)9-12)18-8-6-13(25-18)10-14(11-23)26-20-24-17-3-1-2-4-19(17)27-20/h1-10H. The molecule has 4 aromatic rings. The largest absolute Gasteiger partial charge is 0.457 e. The van der Waals surface area contributed by atoms with E-state index in [4.69, 9.17) is 27.6 Å². The van der Waals surface area contributed by atoms with Crippen LogP contribution in [0.15, 0.2) is 68.3 Å². The van der Waals surface area contributed by atoms with Gasteiger partial charge in [-0.05, 0) is 54.2 Å². The third-order valence-corrected chi connectivity index (χ3v) is 6.25. The molecule has 0 unspecified atom stereocenters. The van der Waals surface area contributed by atoms with Crippen LogP contribution in [0.5, 0.6) is 0 Å². The van der Waals surface area contributed by atoms with Crippen molar-refractivity contribution in [3.63, 3.8) is 0 Å².